The Balaban J connectivity index is 2.16. The standard InChI is InChI=1S/C18H13F5N4O2/c1-29-15-6-16(18(21,22)23)25-7-9(15)14-5-13(17(24)28)26-27(14)8-10-11(19)3-2-4-12(10)20/h2-7H,8H2,1H3,(H2,24,28). The molecule has 0 spiro atoms. The number of carbonyl (C=O) groups excluding carboxylic acids is 1. The molecule has 0 unspecified atom stereocenters. The molecule has 0 saturated heterocycles. The molecule has 0 aliphatic carbocycles. The minimum atomic E-state index is -4.71. The molecule has 0 saturated carbocycles. The number of aromatic nitrogens is 3. The molecular weight excluding hydrogens is 399 g/mol. The van der Waals surface area contributed by atoms with E-state index in [4.69, 9.17) is 10.5 Å². The summed E-state index contributed by atoms with van der Waals surface area (Å²) in [7, 11) is 1.14. The molecule has 0 atom stereocenters. The van der Waals surface area contributed by atoms with E-state index in [9.17, 15) is 26.7 Å². The number of hydrogen-bond acceptors (Lipinski definition) is 4. The molecule has 3 aromatic rings. The molecule has 0 fully saturated rings. The van der Waals surface area contributed by atoms with Crippen LogP contribution in [0.4, 0.5) is 22.0 Å². The highest BCUT2D eigenvalue weighted by molar-refractivity contribution is 5.92. The van der Waals surface area contributed by atoms with Crippen LogP contribution in [-0.2, 0) is 12.7 Å². The van der Waals surface area contributed by atoms with Crippen molar-refractivity contribution in [1.82, 2.24) is 14.8 Å². The molecule has 3 rings (SSSR count). The summed E-state index contributed by atoms with van der Waals surface area (Å²) in [6, 6.07) is 5.09. The first kappa shape index (κ1) is 20.2. The zero-order chi connectivity index (χ0) is 21.3. The Labute approximate surface area is 160 Å². The molecular formula is C18H13F5N4O2. The van der Waals surface area contributed by atoms with Gasteiger partial charge in [0.15, 0.2) is 5.69 Å². The highest BCUT2D eigenvalue weighted by atomic mass is 19.4. The summed E-state index contributed by atoms with van der Waals surface area (Å²) in [5.74, 6) is -2.87. The third kappa shape index (κ3) is 4.03. The molecule has 29 heavy (non-hydrogen) atoms. The summed E-state index contributed by atoms with van der Waals surface area (Å²) < 4.78 is 72.9. The van der Waals surface area contributed by atoms with Crippen molar-refractivity contribution in [2.45, 2.75) is 12.7 Å². The fourth-order valence-electron chi connectivity index (χ4n) is 2.66. The van der Waals surface area contributed by atoms with E-state index in [0.717, 1.165) is 30.1 Å². The van der Waals surface area contributed by atoms with E-state index in [1.54, 1.807) is 0 Å². The summed E-state index contributed by atoms with van der Waals surface area (Å²) in [5.41, 5.74) is 3.49. The predicted molar refractivity (Wildman–Crippen MR) is 91.0 cm³/mol. The van der Waals surface area contributed by atoms with Crippen molar-refractivity contribution < 1.29 is 31.5 Å². The number of benzene rings is 1. The first-order valence-electron chi connectivity index (χ1n) is 8.04. The van der Waals surface area contributed by atoms with E-state index in [0.29, 0.717) is 6.07 Å². The van der Waals surface area contributed by atoms with Gasteiger partial charge in [-0.15, -0.1) is 0 Å². The lowest BCUT2D eigenvalue weighted by molar-refractivity contribution is -0.141. The Bertz CT molecular complexity index is 1060. The van der Waals surface area contributed by atoms with Crippen LogP contribution in [0.2, 0.25) is 0 Å². The van der Waals surface area contributed by atoms with E-state index in [1.165, 1.54) is 12.1 Å². The Morgan fingerprint density at radius 1 is 1.21 bits per heavy atom. The smallest absolute Gasteiger partial charge is 0.433 e. The van der Waals surface area contributed by atoms with Crippen LogP contribution in [0.25, 0.3) is 11.3 Å². The Hall–Kier alpha value is -3.50. The molecule has 1 amide bonds. The van der Waals surface area contributed by atoms with Gasteiger partial charge in [-0.05, 0) is 18.2 Å². The van der Waals surface area contributed by atoms with Gasteiger partial charge in [0.1, 0.15) is 23.1 Å². The second kappa shape index (κ2) is 7.49. The predicted octanol–water partition coefficient (Wildman–Crippen LogP) is 3.40. The maximum Gasteiger partial charge on any atom is 0.433 e. The summed E-state index contributed by atoms with van der Waals surface area (Å²) >= 11 is 0. The van der Waals surface area contributed by atoms with Crippen molar-refractivity contribution >= 4 is 5.91 Å². The van der Waals surface area contributed by atoms with Crippen LogP contribution < -0.4 is 10.5 Å². The number of primary amides is 1. The van der Waals surface area contributed by atoms with Crippen LogP contribution in [0.3, 0.4) is 0 Å². The molecule has 1 aromatic carbocycles. The molecule has 11 heteroatoms. The van der Waals surface area contributed by atoms with Gasteiger partial charge in [0.05, 0.1) is 24.9 Å². The van der Waals surface area contributed by atoms with Gasteiger partial charge in [-0.25, -0.2) is 8.78 Å². The minimum Gasteiger partial charge on any atom is -0.496 e. The molecule has 6 nitrogen and oxygen atoms in total. The lowest BCUT2D eigenvalue weighted by atomic mass is 10.1. The maximum atomic E-state index is 14.0. The van der Waals surface area contributed by atoms with Crippen molar-refractivity contribution in [3.8, 4) is 17.0 Å². The summed E-state index contributed by atoms with van der Waals surface area (Å²) in [6.07, 6.45) is -3.83. The number of methoxy groups -OCH3 is 1. The number of nitrogens with zero attached hydrogens (tertiary/aromatic N) is 3. The zero-order valence-corrected chi connectivity index (χ0v) is 14.8. The molecule has 0 bridgehead atoms. The Morgan fingerprint density at radius 3 is 2.41 bits per heavy atom. The lowest BCUT2D eigenvalue weighted by Gasteiger charge is -2.14. The van der Waals surface area contributed by atoms with E-state index in [-0.39, 0.29) is 28.3 Å². The van der Waals surface area contributed by atoms with Crippen LogP contribution in [0.1, 0.15) is 21.7 Å². The lowest BCUT2D eigenvalue weighted by Crippen LogP contribution is -2.13. The van der Waals surface area contributed by atoms with Gasteiger partial charge >= 0.3 is 6.18 Å². The zero-order valence-electron chi connectivity index (χ0n) is 14.8. The largest absolute Gasteiger partial charge is 0.496 e. The number of hydrogen-bond donors (Lipinski definition) is 1. The van der Waals surface area contributed by atoms with Crippen molar-refractivity contribution in [2.75, 3.05) is 7.11 Å². The number of halogens is 5. The minimum absolute atomic E-state index is 0.0252. The van der Waals surface area contributed by atoms with Gasteiger partial charge in [0.25, 0.3) is 5.91 Å². The van der Waals surface area contributed by atoms with Crippen LogP contribution in [0.5, 0.6) is 5.75 Å². The summed E-state index contributed by atoms with van der Waals surface area (Å²) in [5, 5.41) is 3.91. The topological polar surface area (TPSA) is 83.0 Å². The third-order valence-electron chi connectivity index (χ3n) is 4.05. The van der Waals surface area contributed by atoms with Gasteiger partial charge in [0.2, 0.25) is 0 Å². The molecule has 2 aromatic heterocycles. The van der Waals surface area contributed by atoms with Crippen molar-refractivity contribution in [1.29, 1.82) is 0 Å². The Morgan fingerprint density at radius 2 is 1.86 bits per heavy atom. The highest BCUT2D eigenvalue weighted by Crippen LogP contribution is 2.36. The highest BCUT2D eigenvalue weighted by Gasteiger charge is 2.33. The van der Waals surface area contributed by atoms with Gasteiger partial charge < -0.3 is 10.5 Å². The van der Waals surface area contributed by atoms with Crippen LogP contribution in [-0.4, -0.2) is 27.8 Å². The number of nitrogens with two attached hydrogens (primary N) is 1. The van der Waals surface area contributed by atoms with E-state index >= 15 is 0 Å². The van der Waals surface area contributed by atoms with E-state index < -0.39 is 36.0 Å². The first-order valence-corrected chi connectivity index (χ1v) is 8.04. The monoisotopic (exact) mass is 412 g/mol. The van der Waals surface area contributed by atoms with E-state index in [2.05, 4.69) is 10.1 Å². The van der Waals surface area contributed by atoms with E-state index in [1.807, 2.05) is 0 Å². The number of pyridine rings is 1. The number of rotatable bonds is 5. The molecule has 2 heterocycles. The van der Waals surface area contributed by atoms with Gasteiger partial charge in [-0.1, -0.05) is 6.07 Å². The fourth-order valence-corrected chi connectivity index (χ4v) is 2.66. The van der Waals surface area contributed by atoms with Gasteiger partial charge in [-0.3, -0.25) is 14.5 Å². The normalized spacial score (nSPS) is 11.5. The summed E-state index contributed by atoms with van der Waals surface area (Å²) in [6.45, 7) is -0.453. The number of carbonyl (C=O) groups is 1. The second-order valence-electron chi connectivity index (χ2n) is 5.90. The average molecular weight is 412 g/mol. The van der Waals surface area contributed by atoms with Crippen LogP contribution >= 0.6 is 0 Å². The number of ether oxygens (including phenoxy) is 1. The van der Waals surface area contributed by atoms with Crippen molar-refractivity contribution in [3.05, 3.63) is 65.1 Å². The molecule has 152 valence electrons. The summed E-state index contributed by atoms with van der Waals surface area (Å²) in [4.78, 5) is 14.9. The quantitative estimate of drug-likeness (QED) is 0.652. The maximum absolute atomic E-state index is 14.0. The molecule has 2 N–H and O–H groups in total. The van der Waals surface area contributed by atoms with Crippen molar-refractivity contribution in [2.24, 2.45) is 5.73 Å². The molecule has 0 aliphatic rings. The number of alkyl halides is 3. The first-order chi connectivity index (χ1) is 13.6. The van der Waals surface area contributed by atoms with Gasteiger partial charge in [-0.2, -0.15) is 18.3 Å². The molecule has 0 radical (unpaired) electrons. The SMILES string of the molecule is COc1cc(C(F)(F)F)ncc1-c1cc(C(N)=O)nn1Cc1c(F)cccc1F. The molecule has 0 aliphatic heterocycles. The van der Waals surface area contributed by atoms with Gasteiger partial charge in [0, 0.05) is 17.8 Å². The number of amides is 1. The second-order valence-corrected chi connectivity index (χ2v) is 5.90. The third-order valence-corrected chi connectivity index (χ3v) is 4.05. The van der Waals surface area contributed by atoms with Crippen LogP contribution in [0, 0.1) is 11.6 Å². The average Bonchev–Trinajstić information content (AvgIpc) is 3.07. The van der Waals surface area contributed by atoms with Crippen molar-refractivity contribution in [3.63, 3.8) is 0 Å². The fraction of sp³-hybridized carbons (Fsp3) is 0.167. The van der Waals surface area contributed by atoms with Crippen LogP contribution in [0.15, 0.2) is 36.5 Å². The Kier molecular flexibility index (Phi) is 5.23.